The van der Waals surface area contributed by atoms with Crippen molar-refractivity contribution < 1.29 is 24.3 Å². The maximum Gasteiger partial charge on any atom is 0.246 e. The molecular formula is C28H36N4O5. The molecule has 9 heteroatoms. The summed E-state index contributed by atoms with van der Waals surface area (Å²) < 4.78 is 0. The summed E-state index contributed by atoms with van der Waals surface area (Å²) in [6.45, 7) is 6.94. The van der Waals surface area contributed by atoms with E-state index in [2.05, 4.69) is 5.32 Å². The van der Waals surface area contributed by atoms with Gasteiger partial charge in [-0.3, -0.25) is 19.2 Å². The van der Waals surface area contributed by atoms with Crippen LogP contribution in [-0.2, 0) is 38.6 Å². The van der Waals surface area contributed by atoms with E-state index < -0.39 is 29.9 Å². The van der Waals surface area contributed by atoms with Crippen LogP contribution in [0.1, 0.15) is 41.7 Å². The second-order valence-corrected chi connectivity index (χ2v) is 9.92. The molecule has 0 aromatic heterocycles. The molecule has 2 aromatic carbocycles. The van der Waals surface area contributed by atoms with Gasteiger partial charge in [-0.25, -0.2) is 0 Å². The summed E-state index contributed by atoms with van der Waals surface area (Å²) in [6, 6.07) is 8.18. The summed E-state index contributed by atoms with van der Waals surface area (Å²) in [6.07, 6.45) is 0.547. The summed E-state index contributed by atoms with van der Waals surface area (Å²) in [4.78, 5) is 54.0. The summed E-state index contributed by atoms with van der Waals surface area (Å²) in [5.74, 6) is -1.23. The van der Waals surface area contributed by atoms with Gasteiger partial charge in [0.05, 0.1) is 12.6 Å². The van der Waals surface area contributed by atoms with E-state index in [4.69, 9.17) is 5.73 Å². The van der Waals surface area contributed by atoms with Gasteiger partial charge in [-0.1, -0.05) is 24.3 Å². The smallest absolute Gasteiger partial charge is 0.246 e. The molecule has 0 spiro atoms. The fourth-order valence-corrected chi connectivity index (χ4v) is 4.76. The maximum absolute atomic E-state index is 13.3. The summed E-state index contributed by atoms with van der Waals surface area (Å²) >= 11 is 0. The normalized spacial score (nSPS) is 16.9. The van der Waals surface area contributed by atoms with E-state index in [1.54, 1.807) is 19.1 Å². The lowest BCUT2D eigenvalue weighted by atomic mass is 9.95. The Morgan fingerprint density at radius 1 is 1.16 bits per heavy atom. The van der Waals surface area contributed by atoms with Gasteiger partial charge in [0, 0.05) is 20.0 Å². The monoisotopic (exact) mass is 508 g/mol. The molecule has 3 rings (SSSR count). The Morgan fingerprint density at radius 3 is 2.35 bits per heavy atom. The number of likely N-dealkylation sites (N-methyl/N-ethyl adjacent to an activating group) is 1. The third-order valence-electron chi connectivity index (χ3n) is 6.97. The highest BCUT2D eigenvalue weighted by atomic mass is 16.3. The minimum absolute atomic E-state index is 0.0432. The van der Waals surface area contributed by atoms with Gasteiger partial charge in [0.2, 0.25) is 17.7 Å². The zero-order valence-corrected chi connectivity index (χ0v) is 22.1. The number of nitrogens with two attached hydrogens (primary N) is 1. The molecule has 0 fully saturated rings. The van der Waals surface area contributed by atoms with Crippen LogP contribution < -0.4 is 11.1 Å². The number of aromatic hydroxyl groups is 1. The van der Waals surface area contributed by atoms with Crippen molar-refractivity contribution in [3.8, 4) is 5.75 Å². The van der Waals surface area contributed by atoms with Gasteiger partial charge >= 0.3 is 0 Å². The van der Waals surface area contributed by atoms with Gasteiger partial charge in [-0.15, -0.1) is 0 Å². The van der Waals surface area contributed by atoms with Gasteiger partial charge in [0.25, 0.3) is 0 Å². The highest BCUT2D eigenvalue weighted by Gasteiger charge is 2.34. The van der Waals surface area contributed by atoms with Crippen molar-refractivity contribution in [3.05, 3.63) is 64.2 Å². The number of rotatable bonds is 8. The van der Waals surface area contributed by atoms with E-state index >= 15 is 0 Å². The molecule has 0 aliphatic carbocycles. The first-order valence-electron chi connectivity index (χ1n) is 12.4. The number of Topliss-reactive ketones (excluding diaryl/α,β-unsaturated/α-hetero) is 1. The van der Waals surface area contributed by atoms with Crippen LogP contribution in [0, 0.1) is 13.8 Å². The lowest BCUT2D eigenvalue weighted by Gasteiger charge is -2.29. The number of nitrogens with one attached hydrogen (secondary N) is 1. The van der Waals surface area contributed by atoms with Crippen LogP contribution >= 0.6 is 0 Å². The Bertz CT molecular complexity index is 1190. The molecule has 1 aliphatic rings. The molecule has 4 N–H and O–H groups in total. The Labute approximate surface area is 217 Å². The first-order valence-corrected chi connectivity index (χ1v) is 12.4. The van der Waals surface area contributed by atoms with Crippen LogP contribution in [0.25, 0.3) is 0 Å². The van der Waals surface area contributed by atoms with Gasteiger partial charge < -0.3 is 26.0 Å². The fraction of sp³-hybridized carbons (Fsp3) is 0.429. The molecule has 3 atom stereocenters. The third-order valence-corrected chi connectivity index (χ3v) is 6.97. The summed E-state index contributed by atoms with van der Waals surface area (Å²) in [5, 5.41) is 12.6. The highest BCUT2D eigenvalue weighted by Crippen LogP contribution is 2.23. The molecule has 3 amide bonds. The number of hydrogen-bond donors (Lipinski definition) is 3. The number of carbonyl (C=O) groups excluding carboxylic acids is 4. The van der Waals surface area contributed by atoms with Crippen LogP contribution in [0.5, 0.6) is 5.75 Å². The molecule has 37 heavy (non-hydrogen) atoms. The molecule has 0 unspecified atom stereocenters. The number of carbonyl (C=O) groups is 4. The first-order chi connectivity index (χ1) is 17.4. The second-order valence-electron chi connectivity index (χ2n) is 9.92. The minimum atomic E-state index is -0.889. The van der Waals surface area contributed by atoms with E-state index in [0.29, 0.717) is 13.0 Å². The summed E-state index contributed by atoms with van der Waals surface area (Å²) in [5.41, 5.74) is 10.6. The first kappa shape index (κ1) is 27.9. The fourth-order valence-electron chi connectivity index (χ4n) is 4.76. The predicted octanol–water partition coefficient (Wildman–Crippen LogP) is 1.38. The molecule has 0 saturated heterocycles. The largest absolute Gasteiger partial charge is 0.508 e. The third kappa shape index (κ3) is 6.54. The van der Waals surface area contributed by atoms with Crippen LogP contribution in [0.4, 0.5) is 0 Å². The van der Waals surface area contributed by atoms with Crippen molar-refractivity contribution in [1.29, 1.82) is 0 Å². The van der Waals surface area contributed by atoms with Gasteiger partial charge in [0.1, 0.15) is 23.6 Å². The van der Waals surface area contributed by atoms with Gasteiger partial charge in [0.15, 0.2) is 0 Å². The van der Waals surface area contributed by atoms with E-state index in [0.717, 1.165) is 27.8 Å². The molecule has 1 aliphatic heterocycles. The van der Waals surface area contributed by atoms with Crippen LogP contribution in [0.2, 0.25) is 0 Å². The predicted molar refractivity (Wildman–Crippen MR) is 140 cm³/mol. The number of aryl methyl sites for hydroxylation is 2. The average molecular weight is 509 g/mol. The van der Waals surface area contributed by atoms with Crippen molar-refractivity contribution in [1.82, 2.24) is 15.1 Å². The second kappa shape index (κ2) is 11.6. The van der Waals surface area contributed by atoms with Crippen molar-refractivity contribution in [2.75, 3.05) is 13.6 Å². The number of phenols is 1. The van der Waals surface area contributed by atoms with Crippen LogP contribution in [0.3, 0.4) is 0 Å². The Kier molecular flexibility index (Phi) is 8.70. The average Bonchev–Trinajstić information content (AvgIpc) is 2.95. The van der Waals surface area contributed by atoms with Crippen molar-refractivity contribution in [2.24, 2.45) is 5.73 Å². The Hall–Kier alpha value is -3.72. The van der Waals surface area contributed by atoms with Crippen molar-refractivity contribution in [3.63, 3.8) is 0 Å². The number of phenolic OH excluding ortho intramolecular Hbond substituents is 1. The highest BCUT2D eigenvalue weighted by molar-refractivity contribution is 5.94. The quantitative estimate of drug-likeness (QED) is 0.494. The molecule has 0 saturated carbocycles. The summed E-state index contributed by atoms with van der Waals surface area (Å²) in [7, 11) is 1.51. The zero-order valence-electron chi connectivity index (χ0n) is 22.1. The van der Waals surface area contributed by atoms with Crippen LogP contribution in [0.15, 0.2) is 36.4 Å². The van der Waals surface area contributed by atoms with Gasteiger partial charge in [-0.2, -0.15) is 0 Å². The number of amides is 3. The van der Waals surface area contributed by atoms with Gasteiger partial charge in [-0.05, 0) is 74.1 Å². The van der Waals surface area contributed by atoms with E-state index in [1.807, 2.05) is 38.1 Å². The molecule has 2 aromatic rings. The SMILES string of the molecule is CC(=O)CN1Cc2ccccc2C[C@H](NC(=O)[C@@H](C)N(C)C(=O)[C@@H](N)Cc2c(C)cc(O)cc2C)C1=O. The zero-order chi connectivity index (χ0) is 27.4. The minimum Gasteiger partial charge on any atom is -0.508 e. The van der Waals surface area contributed by atoms with E-state index in [9.17, 15) is 24.3 Å². The van der Waals surface area contributed by atoms with Crippen molar-refractivity contribution in [2.45, 2.75) is 65.2 Å². The molecule has 1 heterocycles. The topological polar surface area (TPSA) is 133 Å². The lowest BCUT2D eigenvalue weighted by Crippen LogP contribution is -2.56. The molecule has 0 radical (unpaired) electrons. The molecule has 198 valence electrons. The maximum atomic E-state index is 13.3. The van der Waals surface area contributed by atoms with Crippen LogP contribution in [-0.4, -0.2) is 70.1 Å². The Balaban J connectivity index is 1.72. The Morgan fingerprint density at radius 2 is 1.76 bits per heavy atom. The van der Waals surface area contributed by atoms with Crippen molar-refractivity contribution >= 4 is 23.5 Å². The number of ketones is 1. The lowest BCUT2D eigenvalue weighted by molar-refractivity contribution is -0.142. The molecule has 0 bridgehead atoms. The van der Waals surface area contributed by atoms with E-state index in [1.165, 1.54) is 23.8 Å². The standard InChI is InChI=1S/C28H36N4O5/c1-16-10-22(34)11-17(2)23(16)13-24(29)27(36)31(5)19(4)26(35)30-25-12-20-8-6-7-9-21(20)15-32(28(25)37)14-18(3)33/h6-11,19,24-25,34H,12-15,29H2,1-5H3,(H,30,35)/t19-,24+,25+/m1/s1. The number of benzene rings is 2. The molecular weight excluding hydrogens is 472 g/mol. The molecule has 9 nitrogen and oxygen atoms in total. The number of nitrogens with zero attached hydrogens (tertiary/aromatic N) is 2. The number of hydrogen-bond acceptors (Lipinski definition) is 6. The van der Waals surface area contributed by atoms with E-state index in [-0.39, 0.29) is 30.4 Å². The number of fused-ring (bicyclic) bond motifs is 1.